The summed E-state index contributed by atoms with van der Waals surface area (Å²) >= 11 is 0. The van der Waals surface area contributed by atoms with Gasteiger partial charge in [-0.05, 0) is 30.7 Å². The molecule has 0 spiro atoms. The fraction of sp³-hybridized carbons (Fsp3) is 0.500. The van der Waals surface area contributed by atoms with Crippen molar-refractivity contribution in [2.45, 2.75) is 32.2 Å². The van der Waals surface area contributed by atoms with E-state index >= 15 is 0 Å². The molecule has 0 aromatic heterocycles. The normalized spacial score (nSPS) is 11.3. The summed E-state index contributed by atoms with van der Waals surface area (Å²) in [6.07, 6.45) is 2.97. The molecule has 0 radical (unpaired) electrons. The number of benzene rings is 1. The highest BCUT2D eigenvalue weighted by Crippen LogP contribution is 2.10. The molecule has 0 bridgehead atoms. The van der Waals surface area contributed by atoms with E-state index in [0.29, 0.717) is 12.3 Å². The van der Waals surface area contributed by atoms with Gasteiger partial charge in [-0.1, -0.05) is 19.8 Å². The first-order valence-electron chi connectivity index (χ1n) is 6.53. The number of carbonyl (C=O) groups is 1. The van der Waals surface area contributed by atoms with E-state index in [1.165, 1.54) is 24.3 Å². The van der Waals surface area contributed by atoms with Crippen LogP contribution in [0.15, 0.2) is 24.3 Å². The van der Waals surface area contributed by atoms with Gasteiger partial charge in [0.25, 0.3) is 5.91 Å². The number of unbranched alkanes of at least 4 members (excludes halogenated alkanes) is 1. The van der Waals surface area contributed by atoms with E-state index in [1.54, 1.807) is 0 Å². The molecular weight excluding hydrogens is 283 g/mol. The van der Waals surface area contributed by atoms with Crippen molar-refractivity contribution in [3.63, 3.8) is 0 Å². The lowest BCUT2D eigenvalue weighted by Crippen LogP contribution is -2.42. The lowest BCUT2D eigenvalue weighted by atomic mass is 10.1. The summed E-state index contributed by atoms with van der Waals surface area (Å²) in [5, 5.41) is 2.82. The van der Waals surface area contributed by atoms with E-state index in [4.69, 9.17) is 10.5 Å². The van der Waals surface area contributed by atoms with E-state index < -0.39 is 0 Å². The smallest absolute Gasteiger partial charge is 0.258 e. The number of hydrogen-bond donors (Lipinski definition) is 2. The van der Waals surface area contributed by atoms with Gasteiger partial charge in [0, 0.05) is 12.6 Å². The van der Waals surface area contributed by atoms with Crippen LogP contribution in [0.5, 0.6) is 5.75 Å². The quantitative estimate of drug-likeness (QED) is 0.774. The van der Waals surface area contributed by atoms with Crippen molar-refractivity contribution in [2.24, 2.45) is 5.73 Å². The van der Waals surface area contributed by atoms with Gasteiger partial charge < -0.3 is 15.8 Å². The average Bonchev–Trinajstić information content (AvgIpc) is 2.42. The highest BCUT2D eigenvalue weighted by Gasteiger charge is 2.10. The van der Waals surface area contributed by atoms with Gasteiger partial charge in [0.1, 0.15) is 11.6 Å². The third-order valence-corrected chi connectivity index (χ3v) is 2.74. The molecule has 0 heterocycles. The van der Waals surface area contributed by atoms with Crippen LogP contribution in [0.3, 0.4) is 0 Å². The molecule has 4 nitrogen and oxygen atoms in total. The second-order valence-electron chi connectivity index (χ2n) is 4.38. The lowest BCUT2D eigenvalue weighted by Gasteiger charge is -2.16. The van der Waals surface area contributed by atoms with Crippen LogP contribution in [0.2, 0.25) is 0 Å². The maximum atomic E-state index is 12.7. The first-order valence-corrected chi connectivity index (χ1v) is 6.53. The van der Waals surface area contributed by atoms with Crippen molar-refractivity contribution < 1.29 is 13.9 Å². The summed E-state index contributed by atoms with van der Waals surface area (Å²) in [4.78, 5) is 11.7. The van der Waals surface area contributed by atoms with Gasteiger partial charge in [0.2, 0.25) is 0 Å². The van der Waals surface area contributed by atoms with Crippen LogP contribution in [-0.4, -0.2) is 25.1 Å². The Balaban J connectivity index is 0.00000361. The number of nitrogens with one attached hydrogen (secondary N) is 1. The largest absolute Gasteiger partial charge is 0.484 e. The van der Waals surface area contributed by atoms with E-state index in [2.05, 4.69) is 12.2 Å². The second-order valence-corrected chi connectivity index (χ2v) is 4.38. The maximum Gasteiger partial charge on any atom is 0.258 e. The minimum Gasteiger partial charge on any atom is -0.484 e. The first kappa shape index (κ1) is 18.7. The zero-order valence-corrected chi connectivity index (χ0v) is 12.4. The summed E-state index contributed by atoms with van der Waals surface area (Å²) < 4.78 is 17.9. The molecular formula is C14H22ClFN2O2. The van der Waals surface area contributed by atoms with Crippen molar-refractivity contribution in [1.29, 1.82) is 0 Å². The molecule has 20 heavy (non-hydrogen) atoms. The monoisotopic (exact) mass is 304 g/mol. The minimum absolute atomic E-state index is 0. The number of nitrogens with two attached hydrogens (primary N) is 1. The predicted molar refractivity (Wildman–Crippen MR) is 79.7 cm³/mol. The zero-order chi connectivity index (χ0) is 14.1. The number of halogens is 2. The van der Waals surface area contributed by atoms with Crippen LogP contribution in [-0.2, 0) is 4.79 Å². The third-order valence-electron chi connectivity index (χ3n) is 2.74. The summed E-state index contributed by atoms with van der Waals surface area (Å²) in [6.45, 7) is 2.42. The van der Waals surface area contributed by atoms with Gasteiger partial charge in [0.15, 0.2) is 6.61 Å². The molecule has 6 heteroatoms. The molecule has 3 N–H and O–H groups in total. The first-order chi connectivity index (χ1) is 9.15. The van der Waals surface area contributed by atoms with Crippen LogP contribution in [0.4, 0.5) is 4.39 Å². The Morgan fingerprint density at radius 2 is 2.05 bits per heavy atom. The molecule has 1 aromatic rings. The van der Waals surface area contributed by atoms with Gasteiger partial charge in [0.05, 0.1) is 0 Å². The fourth-order valence-electron chi connectivity index (χ4n) is 1.65. The van der Waals surface area contributed by atoms with E-state index in [0.717, 1.165) is 19.3 Å². The molecule has 114 valence electrons. The summed E-state index contributed by atoms with van der Waals surface area (Å²) in [5.41, 5.74) is 5.59. The molecule has 0 saturated carbocycles. The number of amides is 1. The van der Waals surface area contributed by atoms with Crippen LogP contribution in [0.25, 0.3) is 0 Å². The molecule has 0 fully saturated rings. The number of carbonyl (C=O) groups excluding carboxylic acids is 1. The Hall–Kier alpha value is -1.33. The van der Waals surface area contributed by atoms with Crippen molar-refractivity contribution in [1.82, 2.24) is 5.32 Å². The summed E-state index contributed by atoms with van der Waals surface area (Å²) in [6, 6.07) is 5.54. The number of rotatable bonds is 8. The van der Waals surface area contributed by atoms with Crippen molar-refractivity contribution in [3.05, 3.63) is 30.1 Å². The van der Waals surface area contributed by atoms with Crippen LogP contribution in [0.1, 0.15) is 26.2 Å². The molecule has 1 unspecified atom stereocenters. The Bertz CT molecular complexity index is 387. The van der Waals surface area contributed by atoms with Crippen LogP contribution >= 0.6 is 12.4 Å². The van der Waals surface area contributed by atoms with E-state index in [9.17, 15) is 9.18 Å². The highest BCUT2D eigenvalue weighted by molar-refractivity contribution is 5.85. The summed E-state index contributed by atoms with van der Waals surface area (Å²) in [7, 11) is 0. The van der Waals surface area contributed by atoms with Gasteiger partial charge in [-0.3, -0.25) is 4.79 Å². The zero-order valence-electron chi connectivity index (χ0n) is 11.6. The minimum atomic E-state index is -0.334. The topological polar surface area (TPSA) is 64.3 Å². The number of ether oxygens (including phenoxy) is 1. The molecule has 1 amide bonds. The van der Waals surface area contributed by atoms with Crippen LogP contribution < -0.4 is 15.8 Å². The average molecular weight is 305 g/mol. The van der Waals surface area contributed by atoms with Gasteiger partial charge in [-0.25, -0.2) is 4.39 Å². The molecule has 1 atom stereocenters. The molecule has 1 aromatic carbocycles. The van der Waals surface area contributed by atoms with Crippen molar-refractivity contribution in [3.8, 4) is 5.75 Å². The third kappa shape index (κ3) is 7.31. The summed E-state index contributed by atoms with van der Waals surface area (Å²) in [5.74, 6) is -0.0788. The molecule has 0 aliphatic heterocycles. The molecule has 0 aliphatic carbocycles. The Morgan fingerprint density at radius 1 is 1.40 bits per heavy atom. The van der Waals surface area contributed by atoms with Crippen molar-refractivity contribution in [2.75, 3.05) is 13.2 Å². The predicted octanol–water partition coefficient (Wildman–Crippen LogP) is 2.26. The van der Waals surface area contributed by atoms with Gasteiger partial charge in [-0.15, -0.1) is 12.4 Å². The molecule has 0 aliphatic rings. The molecule has 1 rings (SSSR count). The fourth-order valence-corrected chi connectivity index (χ4v) is 1.65. The van der Waals surface area contributed by atoms with Gasteiger partial charge in [-0.2, -0.15) is 0 Å². The molecule has 0 saturated heterocycles. The lowest BCUT2D eigenvalue weighted by molar-refractivity contribution is -0.123. The maximum absolute atomic E-state index is 12.7. The van der Waals surface area contributed by atoms with Crippen LogP contribution in [0, 0.1) is 5.82 Å². The van der Waals surface area contributed by atoms with E-state index in [-0.39, 0.29) is 36.8 Å². The van der Waals surface area contributed by atoms with Gasteiger partial charge >= 0.3 is 0 Å². The van der Waals surface area contributed by atoms with Crippen molar-refractivity contribution >= 4 is 18.3 Å². The Morgan fingerprint density at radius 3 is 2.60 bits per heavy atom. The Kier molecular flexibility index (Phi) is 9.76. The second kappa shape index (κ2) is 10.5. The SMILES string of the molecule is CCCCC(CN)NC(=O)COc1ccc(F)cc1.Cl. The standard InChI is InChI=1S/C14H21FN2O2.ClH/c1-2-3-4-12(9-16)17-14(18)10-19-13-7-5-11(15)6-8-13;/h5-8,12H,2-4,9-10,16H2,1H3,(H,17,18);1H. The number of hydrogen-bond acceptors (Lipinski definition) is 3. The highest BCUT2D eigenvalue weighted by atomic mass is 35.5. The van der Waals surface area contributed by atoms with E-state index in [1.807, 2.05) is 0 Å². The Labute approximate surface area is 125 Å².